The summed E-state index contributed by atoms with van der Waals surface area (Å²) in [6, 6.07) is 6.26. The summed E-state index contributed by atoms with van der Waals surface area (Å²) >= 11 is 0. The zero-order valence-corrected chi connectivity index (χ0v) is 11.6. The number of carbonyl (C=O) groups excluding carboxylic acids is 1. The molecular weight excluding hydrogens is 266 g/mol. The maximum absolute atomic E-state index is 11.5. The molecule has 0 saturated carbocycles. The number of nitrogens with one attached hydrogen (secondary N) is 1. The molecule has 1 rings (SSSR count). The van der Waals surface area contributed by atoms with Crippen molar-refractivity contribution in [1.82, 2.24) is 5.32 Å². The summed E-state index contributed by atoms with van der Waals surface area (Å²) < 4.78 is 22.1. The highest BCUT2D eigenvalue weighted by Crippen LogP contribution is 2.08. The van der Waals surface area contributed by atoms with Crippen molar-refractivity contribution in [2.24, 2.45) is 16.8 Å². The Kier molecular flexibility index (Phi) is 5.46. The fourth-order valence-corrected chi connectivity index (χ4v) is 1.97. The highest BCUT2D eigenvalue weighted by molar-refractivity contribution is 7.89. The number of hydrogen-bond acceptors (Lipinski definition) is 4. The fourth-order valence-electron chi connectivity index (χ4n) is 1.46. The SMILES string of the molecule is CC(CN)C(=O)NCCc1ccc(S(N)(=O)=O)cc1. The van der Waals surface area contributed by atoms with Gasteiger partial charge in [0.2, 0.25) is 15.9 Å². The van der Waals surface area contributed by atoms with Crippen LogP contribution in [0.15, 0.2) is 29.2 Å². The van der Waals surface area contributed by atoms with Crippen LogP contribution in [0.25, 0.3) is 0 Å². The molecule has 0 radical (unpaired) electrons. The number of carbonyl (C=O) groups is 1. The molecular formula is C12H19N3O3S. The first-order chi connectivity index (χ1) is 8.84. The van der Waals surface area contributed by atoms with Gasteiger partial charge in [0, 0.05) is 19.0 Å². The summed E-state index contributed by atoms with van der Waals surface area (Å²) in [6.07, 6.45) is 0.619. The van der Waals surface area contributed by atoms with Crippen molar-refractivity contribution < 1.29 is 13.2 Å². The molecule has 19 heavy (non-hydrogen) atoms. The molecule has 0 aliphatic heterocycles. The second kappa shape index (κ2) is 6.65. The first kappa shape index (κ1) is 15.6. The van der Waals surface area contributed by atoms with Gasteiger partial charge in [0.15, 0.2) is 0 Å². The van der Waals surface area contributed by atoms with Gasteiger partial charge in [0.05, 0.1) is 4.90 Å². The molecule has 0 bridgehead atoms. The number of benzene rings is 1. The predicted molar refractivity (Wildman–Crippen MR) is 72.7 cm³/mol. The maximum atomic E-state index is 11.5. The smallest absolute Gasteiger partial charge is 0.238 e. The van der Waals surface area contributed by atoms with Crippen molar-refractivity contribution in [1.29, 1.82) is 0 Å². The van der Waals surface area contributed by atoms with Gasteiger partial charge < -0.3 is 11.1 Å². The van der Waals surface area contributed by atoms with E-state index in [1.165, 1.54) is 12.1 Å². The van der Waals surface area contributed by atoms with E-state index in [4.69, 9.17) is 10.9 Å². The third-order valence-electron chi connectivity index (χ3n) is 2.77. The van der Waals surface area contributed by atoms with Crippen LogP contribution in [0.3, 0.4) is 0 Å². The van der Waals surface area contributed by atoms with E-state index in [1.54, 1.807) is 19.1 Å². The van der Waals surface area contributed by atoms with Crippen LogP contribution in [0, 0.1) is 5.92 Å². The largest absolute Gasteiger partial charge is 0.355 e. The Morgan fingerprint density at radius 2 is 1.89 bits per heavy atom. The van der Waals surface area contributed by atoms with Crippen LogP contribution < -0.4 is 16.2 Å². The first-order valence-electron chi connectivity index (χ1n) is 5.94. The Morgan fingerprint density at radius 1 is 1.32 bits per heavy atom. The standard InChI is InChI=1S/C12H19N3O3S/c1-9(8-13)12(16)15-7-6-10-2-4-11(5-3-10)19(14,17)18/h2-5,9H,6-8,13H2,1H3,(H,15,16)(H2,14,17,18). The fraction of sp³-hybridized carbons (Fsp3) is 0.417. The third-order valence-corrected chi connectivity index (χ3v) is 3.70. The minimum atomic E-state index is -3.65. The van der Waals surface area contributed by atoms with Gasteiger partial charge in [0.1, 0.15) is 0 Å². The molecule has 0 aromatic heterocycles. The Bertz CT molecular complexity index is 526. The molecule has 1 amide bonds. The van der Waals surface area contributed by atoms with Gasteiger partial charge in [-0.3, -0.25) is 4.79 Å². The number of hydrogen-bond donors (Lipinski definition) is 3. The van der Waals surface area contributed by atoms with Crippen LogP contribution in [-0.4, -0.2) is 27.4 Å². The molecule has 0 saturated heterocycles. The van der Waals surface area contributed by atoms with Crippen molar-refractivity contribution in [3.63, 3.8) is 0 Å². The lowest BCUT2D eigenvalue weighted by atomic mass is 10.1. The van der Waals surface area contributed by atoms with Gasteiger partial charge in [-0.2, -0.15) is 0 Å². The molecule has 1 unspecified atom stereocenters. The zero-order chi connectivity index (χ0) is 14.5. The molecule has 1 atom stereocenters. The van der Waals surface area contributed by atoms with Gasteiger partial charge >= 0.3 is 0 Å². The topological polar surface area (TPSA) is 115 Å². The molecule has 7 heteroatoms. The minimum absolute atomic E-state index is 0.0799. The van der Waals surface area contributed by atoms with Crippen molar-refractivity contribution >= 4 is 15.9 Å². The van der Waals surface area contributed by atoms with E-state index in [0.29, 0.717) is 19.5 Å². The number of amides is 1. The normalized spacial score (nSPS) is 13.0. The quantitative estimate of drug-likeness (QED) is 0.658. The summed E-state index contributed by atoms with van der Waals surface area (Å²) in [4.78, 5) is 11.5. The molecule has 0 heterocycles. The molecule has 5 N–H and O–H groups in total. The van der Waals surface area contributed by atoms with Gasteiger partial charge in [-0.1, -0.05) is 19.1 Å². The molecule has 0 aliphatic rings. The van der Waals surface area contributed by atoms with Crippen molar-refractivity contribution in [3.8, 4) is 0 Å². The van der Waals surface area contributed by atoms with Crippen LogP contribution in [-0.2, 0) is 21.2 Å². The Labute approximate surface area is 113 Å². The summed E-state index contributed by atoms with van der Waals surface area (Å²) in [5.74, 6) is -0.284. The number of nitrogens with two attached hydrogens (primary N) is 2. The van der Waals surface area contributed by atoms with Crippen LogP contribution in [0.4, 0.5) is 0 Å². The van der Waals surface area contributed by atoms with Crippen LogP contribution in [0.2, 0.25) is 0 Å². The van der Waals surface area contributed by atoms with E-state index in [0.717, 1.165) is 5.56 Å². The Morgan fingerprint density at radius 3 is 2.37 bits per heavy atom. The lowest BCUT2D eigenvalue weighted by molar-refractivity contribution is -0.124. The third kappa shape index (κ3) is 4.98. The molecule has 0 fully saturated rings. The number of primary sulfonamides is 1. The summed E-state index contributed by atoms with van der Waals surface area (Å²) in [5, 5.41) is 7.76. The van der Waals surface area contributed by atoms with Crippen molar-refractivity contribution in [2.75, 3.05) is 13.1 Å². The van der Waals surface area contributed by atoms with Gasteiger partial charge in [-0.25, -0.2) is 13.6 Å². The van der Waals surface area contributed by atoms with E-state index in [9.17, 15) is 13.2 Å². The second-order valence-electron chi connectivity index (χ2n) is 4.37. The molecule has 0 spiro atoms. The monoisotopic (exact) mass is 285 g/mol. The van der Waals surface area contributed by atoms with Crippen LogP contribution in [0.5, 0.6) is 0 Å². The van der Waals surface area contributed by atoms with E-state index in [-0.39, 0.29) is 16.7 Å². The van der Waals surface area contributed by atoms with E-state index < -0.39 is 10.0 Å². The molecule has 1 aromatic carbocycles. The summed E-state index contributed by atoms with van der Waals surface area (Å²) in [5.41, 5.74) is 6.31. The first-order valence-corrected chi connectivity index (χ1v) is 7.48. The Balaban J connectivity index is 2.49. The molecule has 6 nitrogen and oxygen atoms in total. The molecule has 106 valence electrons. The van der Waals surface area contributed by atoms with Gasteiger partial charge in [-0.15, -0.1) is 0 Å². The van der Waals surface area contributed by atoms with Crippen LogP contribution >= 0.6 is 0 Å². The van der Waals surface area contributed by atoms with Gasteiger partial charge in [0.25, 0.3) is 0 Å². The molecule has 1 aromatic rings. The van der Waals surface area contributed by atoms with Crippen LogP contribution in [0.1, 0.15) is 12.5 Å². The van der Waals surface area contributed by atoms with E-state index >= 15 is 0 Å². The second-order valence-corrected chi connectivity index (χ2v) is 5.93. The number of rotatable bonds is 6. The minimum Gasteiger partial charge on any atom is -0.355 e. The lowest BCUT2D eigenvalue weighted by Crippen LogP contribution is -2.34. The van der Waals surface area contributed by atoms with E-state index in [2.05, 4.69) is 5.32 Å². The highest BCUT2D eigenvalue weighted by Gasteiger charge is 2.10. The predicted octanol–water partition coefficient (Wildman–Crippen LogP) is -0.412. The zero-order valence-electron chi connectivity index (χ0n) is 10.8. The summed E-state index contributed by atoms with van der Waals surface area (Å²) in [6.45, 7) is 2.56. The summed E-state index contributed by atoms with van der Waals surface area (Å²) in [7, 11) is -3.65. The average Bonchev–Trinajstić information content (AvgIpc) is 2.37. The average molecular weight is 285 g/mol. The van der Waals surface area contributed by atoms with E-state index in [1.807, 2.05) is 0 Å². The lowest BCUT2D eigenvalue weighted by Gasteiger charge is -2.09. The molecule has 0 aliphatic carbocycles. The Hall–Kier alpha value is -1.44. The van der Waals surface area contributed by atoms with Gasteiger partial charge in [-0.05, 0) is 24.1 Å². The maximum Gasteiger partial charge on any atom is 0.238 e. The van der Waals surface area contributed by atoms with Crippen molar-refractivity contribution in [3.05, 3.63) is 29.8 Å². The number of sulfonamides is 1. The van der Waals surface area contributed by atoms with Crippen molar-refractivity contribution in [2.45, 2.75) is 18.2 Å². The highest BCUT2D eigenvalue weighted by atomic mass is 32.2.